The fraction of sp³-hybridized carbons (Fsp3) is 0.312. The smallest absolute Gasteiger partial charge is 0.223 e. The molecule has 3 rings (SSSR count). The summed E-state index contributed by atoms with van der Waals surface area (Å²) in [4.78, 5) is 13.7. The van der Waals surface area contributed by atoms with Gasteiger partial charge in [0.05, 0.1) is 6.26 Å². The Hall–Kier alpha value is -2.03. The van der Waals surface area contributed by atoms with Gasteiger partial charge in [0.2, 0.25) is 5.91 Å². The third-order valence-corrected chi connectivity index (χ3v) is 3.76. The van der Waals surface area contributed by atoms with Gasteiger partial charge in [0.25, 0.3) is 0 Å². The Balaban J connectivity index is 1.65. The van der Waals surface area contributed by atoms with E-state index in [1.807, 2.05) is 23.1 Å². The zero-order valence-electron chi connectivity index (χ0n) is 10.8. The Bertz CT molecular complexity index is 614. The third kappa shape index (κ3) is 2.41. The van der Waals surface area contributed by atoms with Crippen LogP contribution in [0.15, 0.2) is 47.6 Å². The molecular formula is C16H17NO2. The molecule has 0 saturated carbocycles. The van der Waals surface area contributed by atoms with Crippen LogP contribution in [0, 0.1) is 5.92 Å². The molecule has 1 saturated heterocycles. The molecule has 19 heavy (non-hydrogen) atoms. The zero-order valence-corrected chi connectivity index (χ0v) is 10.8. The molecule has 3 nitrogen and oxygen atoms in total. The summed E-state index contributed by atoms with van der Waals surface area (Å²) in [6.45, 7) is 5.37. The van der Waals surface area contributed by atoms with Crippen molar-refractivity contribution in [3.63, 3.8) is 0 Å². The van der Waals surface area contributed by atoms with E-state index in [0.717, 1.165) is 30.5 Å². The van der Waals surface area contributed by atoms with E-state index in [1.165, 1.54) is 5.56 Å². The van der Waals surface area contributed by atoms with Crippen LogP contribution in [0.5, 0.6) is 0 Å². The van der Waals surface area contributed by atoms with Gasteiger partial charge in [-0.15, -0.1) is 6.58 Å². The molecule has 0 spiro atoms. The first-order chi connectivity index (χ1) is 9.26. The lowest BCUT2D eigenvalue weighted by molar-refractivity contribution is -0.127. The molecule has 1 fully saturated rings. The van der Waals surface area contributed by atoms with Crippen LogP contribution in [0.2, 0.25) is 0 Å². The number of rotatable bonds is 4. The Labute approximate surface area is 112 Å². The Morgan fingerprint density at radius 3 is 3.11 bits per heavy atom. The summed E-state index contributed by atoms with van der Waals surface area (Å²) in [6, 6.07) is 8.15. The maximum absolute atomic E-state index is 11.8. The number of carbonyl (C=O) groups is 1. The highest BCUT2D eigenvalue weighted by molar-refractivity contribution is 5.79. The van der Waals surface area contributed by atoms with E-state index in [-0.39, 0.29) is 5.91 Å². The van der Waals surface area contributed by atoms with Crippen molar-refractivity contribution in [1.29, 1.82) is 0 Å². The second kappa shape index (κ2) is 4.92. The first-order valence-corrected chi connectivity index (χ1v) is 6.63. The minimum absolute atomic E-state index is 0.245. The number of hydrogen-bond donors (Lipinski definition) is 0. The summed E-state index contributed by atoms with van der Waals surface area (Å²) in [5.74, 6) is 0.568. The Morgan fingerprint density at radius 2 is 2.32 bits per heavy atom. The summed E-state index contributed by atoms with van der Waals surface area (Å²) in [5.41, 5.74) is 2.15. The molecule has 0 radical (unpaired) electrons. The SMILES string of the molecule is C=CC1CC(=O)N(CCc2ccc3occc3c2)C1. The molecule has 1 amide bonds. The minimum Gasteiger partial charge on any atom is -0.464 e. The Morgan fingerprint density at radius 1 is 1.42 bits per heavy atom. The lowest BCUT2D eigenvalue weighted by Gasteiger charge is -2.15. The maximum atomic E-state index is 11.8. The maximum Gasteiger partial charge on any atom is 0.223 e. The van der Waals surface area contributed by atoms with Crippen molar-refractivity contribution in [2.75, 3.05) is 13.1 Å². The Kier molecular flexibility index (Phi) is 3.11. The van der Waals surface area contributed by atoms with E-state index < -0.39 is 0 Å². The van der Waals surface area contributed by atoms with Gasteiger partial charge in [0, 0.05) is 30.8 Å². The molecule has 3 heteroatoms. The minimum atomic E-state index is 0.245. The van der Waals surface area contributed by atoms with Gasteiger partial charge in [-0.3, -0.25) is 4.79 Å². The second-order valence-electron chi connectivity index (χ2n) is 5.08. The summed E-state index contributed by atoms with van der Waals surface area (Å²) >= 11 is 0. The monoisotopic (exact) mass is 255 g/mol. The van der Waals surface area contributed by atoms with Crippen LogP contribution in [0.3, 0.4) is 0 Å². The van der Waals surface area contributed by atoms with Gasteiger partial charge in [0.15, 0.2) is 0 Å². The van der Waals surface area contributed by atoms with Gasteiger partial charge in [0.1, 0.15) is 5.58 Å². The van der Waals surface area contributed by atoms with E-state index in [4.69, 9.17) is 4.42 Å². The average Bonchev–Trinajstić information content (AvgIpc) is 3.02. The van der Waals surface area contributed by atoms with Crippen molar-refractivity contribution in [2.45, 2.75) is 12.8 Å². The largest absolute Gasteiger partial charge is 0.464 e. The van der Waals surface area contributed by atoms with E-state index in [1.54, 1.807) is 6.26 Å². The fourth-order valence-corrected chi connectivity index (χ4v) is 2.61. The normalized spacial score (nSPS) is 19.3. The summed E-state index contributed by atoms with van der Waals surface area (Å²) < 4.78 is 5.32. The topological polar surface area (TPSA) is 33.5 Å². The van der Waals surface area contributed by atoms with E-state index >= 15 is 0 Å². The van der Waals surface area contributed by atoms with Crippen LogP contribution in [0.25, 0.3) is 11.0 Å². The molecule has 1 aromatic carbocycles. The number of nitrogens with zero attached hydrogens (tertiary/aromatic N) is 1. The van der Waals surface area contributed by atoms with Gasteiger partial charge >= 0.3 is 0 Å². The van der Waals surface area contributed by atoms with E-state index in [9.17, 15) is 4.79 Å². The number of likely N-dealkylation sites (tertiary alicyclic amines) is 1. The number of fused-ring (bicyclic) bond motifs is 1. The number of carbonyl (C=O) groups excluding carboxylic acids is 1. The van der Waals surface area contributed by atoms with Crippen molar-refractivity contribution in [3.8, 4) is 0 Å². The van der Waals surface area contributed by atoms with Crippen LogP contribution < -0.4 is 0 Å². The summed E-state index contributed by atoms with van der Waals surface area (Å²) in [5, 5.41) is 1.12. The molecule has 0 aliphatic carbocycles. The summed E-state index contributed by atoms with van der Waals surface area (Å²) in [6.07, 6.45) is 5.09. The first kappa shape index (κ1) is 12.0. The predicted molar refractivity (Wildman–Crippen MR) is 74.8 cm³/mol. The molecule has 1 unspecified atom stereocenters. The van der Waals surface area contributed by atoms with E-state index in [2.05, 4.69) is 18.7 Å². The van der Waals surface area contributed by atoms with Crippen molar-refractivity contribution in [1.82, 2.24) is 4.90 Å². The van der Waals surface area contributed by atoms with Gasteiger partial charge in [-0.2, -0.15) is 0 Å². The van der Waals surface area contributed by atoms with Crippen LogP contribution in [-0.4, -0.2) is 23.9 Å². The molecule has 1 aliphatic rings. The van der Waals surface area contributed by atoms with Crippen molar-refractivity contribution < 1.29 is 9.21 Å². The van der Waals surface area contributed by atoms with Crippen LogP contribution in [0.4, 0.5) is 0 Å². The highest BCUT2D eigenvalue weighted by atomic mass is 16.3. The molecular weight excluding hydrogens is 238 g/mol. The zero-order chi connectivity index (χ0) is 13.2. The first-order valence-electron chi connectivity index (χ1n) is 6.63. The average molecular weight is 255 g/mol. The van der Waals surface area contributed by atoms with Gasteiger partial charge in [-0.05, 0) is 30.2 Å². The molecule has 1 aromatic heterocycles. The van der Waals surface area contributed by atoms with Crippen LogP contribution in [-0.2, 0) is 11.2 Å². The quantitative estimate of drug-likeness (QED) is 0.787. The highest BCUT2D eigenvalue weighted by Crippen LogP contribution is 2.20. The molecule has 98 valence electrons. The van der Waals surface area contributed by atoms with Gasteiger partial charge in [-0.1, -0.05) is 12.1 Å². The molecule has 2 heterocycles. The predicted octanol–water partition coefficient (Wildman–Crippen LogP) is 3.01. The van der Waals surface area contributed by atoms with Gasteiger partial charge < -0.3 is 9.32 Å². The van der Waals surface area contributed by atoms with Crippen molar-refractivity contribution in [3.05, 3.63) is 48.7 Å². The van der Waals surface area contributed by atoms with Gasteiger partial charge in [-0.25, -0.2) is 0 Å². The number of amides is 1. The molecule has 0 bridgehead atoms. The van der Waals surface area contributed by atoms with Crippen molar-refractivity contribution >= 4 is 16.9 Å². The van der Waals surface area contributed by atoms with Crippen LogP contribution in [0.1, 0.15) is 12.0 Å². The fourth-order valence-electron chi connectivity index (χ4n) is 2.61. The van der Waals surface area contributed by atoms with Crippen LogP contribution >= 0.6 is 0 Å². The van der Waals surface area contributed by atoms with Crippen molar-refractivity contribution in [2.24, 2.45) is 5.92 Å². The highest BCUT2D eigenvalue weighted by Gasteiger charge is 2.26. The lowest BCUT2D eigenvalue weighted by Crippen LogP contribution is -2.27. The lowest BCUT2D eigenvalue weighted by atomic mass is 10.1. The molecule has 1 atom stereocenters. The molecule has 0 N–H and O–H groups in total. The number of hydrogen-bond acceptors (Lipinski definition) is 2. The summed E-state index contributed by atoms with van der Waals surface area (Å²) in [7, 11) is 0. The second-order valence-corrected chi connectivity index (χ2v) is 5.08. The molecule has 2 aromatic rings. The standard InChI is InChI=1S/C16H17NO2/c1-2-12-10-16(18)17(11-12)7-5-13-3-4-15-14(9-13)6-8-19-15/h2-4,6,8-9,12H,1,5,7,10-11H2. The third-order valence-electron chi connectivity index (χ3n) is 3.76. The van der Waals surface area contributed by atoms with E-state index in [0.29, 0.717) is 12.3 Å². The molecule has 1 aliphatic heterocycles. The number of benzene rings is 1. The number of furan rings is 1.